The molecule has 1 fully saturated rings. The molecule has 0 N–H and O–H groups in total. The van der Waals surface area contributed by atoms with Crippen LogP contribution in [0, 0.1) is 0 Å². The highest BCUT2D eigenvalue weighted by Crippen LogP contribution is 2.32. The van der Waals surface area contributed by atoms with Crippen molar-refractivity contribution >= 4 is 5.91 Å². The van der Waals surface area contributed by atoms with Gasteiger partial charge in [-0.1, -0.05) is 0 Å². The van der Waals surface area contributed by atoms with Gasteiger partial charge in [-0.15, -0.1) is 0 Å². The van der Waals surface area contributed by atoms with Gasteiger partial charge >= 0.3 is 0 Å². The van der Waals surface area contributed by atoms with Crippen LogP contribution in [0.5, 0.6) is 5.88 Å². The number of carbonyl (C=O) groups excluding carboxylic acids is 1. The summed E-state index contributed by atoms with van der Waals surface area (Å²) in [6.07, 6.45) is 7.47. The van der Waals surface area contributed by atoms with E-state index in [0.717, 1.165) is 50.3 Å². The van der Waals surface area contributed by atoms with E-state index in [9.17, 15) is 4.79 Å². The second kappa shape index (κ2) is 8.22. The topological polar surface area (TPSA) is 71.5 Å². The van der Waals surface area contributed by atoms with Crippen LogP contribution in [0.25, 0.3) is 0 Å². The Morgan fingerprint density at radius 1 is 1.29 bits per heavy atom. The molecule has 7 nitrogen and oxygen atoms in total. The first kappa shape index (κ1) is 18.8. The lowest BCUT2D eigenvalue weighted by Gasteiger charge is -2.35. The Morgan fingerprint density at radius 2 is 2.18 bits per heavy atom. The molecule has 0 aliphatic carbocycles. The second-order valence-corrected chi connectivity index (χ2v) is 7.49. The molecule has 0 saturated carbocycles. The number of pyridine rings is 1. The Morgan fingerprint density at radius 3 is 3.04 bits per heavy atom. The zero-order chi connectivity index (χ0) is 19.5. The van der Waals surface area contributed by atoms with Gasteiger partial charge < -0.3 is 14.5 Å². The largest absolute Gasteiger partial charge is 0.477 e. The summed E-state index contributed by atoms with van der Waals surface area (Å²) in [7, 11) is 2.11. The summed E-state index contributed by atoms with van der Waals surface area (Å²) >= 11 is 0. The molecular weight excluding hydrogens is 354 g/mol. The molecule has 0 unspecified atom stereocenters. The molecule has 28 heavy (non-hydrogen) atoms. The molecule has 4 heterocycles. The van der Waals surface area contributed by atoms with Crippen molar-refractivity contribution in [2.75, 3.05) is 26.7 Å². The molecule has 0 spiro atoms. The minimum absolute atomic E-state index is 0.0534. The maximum Gasteiger partial charge on any atom is 0.259 e. The molecule has 148 valence electrons. The lowest BCUT2D eigenvalue weighted by molar-refractivity contribution is 0.0594. The Balaban J connectivity index is 1.63. The van der Waals surface area contributed by atoms with E-state index in [1.54, 1.807) is 18.3 Å². The van der Waals surface area contributed by atoms with Crippen LogP contribution in [-0.2, 0) is 13.0 Å². The fraction of sp³-hybridized carbons (Fsp3) is 0.524. The second-order valence-electron chi connectivity index (χ2n) is 7.49. The number of likely N-dealkylation sites (tertiary alicyclic amines) is 1. The van der Waals surface area contributed by atoms with Gasteiger partial charge in [0.2, 0.25) is 5.88 Å². The van der Waals surface area contributed by atoms with Crippen LogP contribution in [0.4, 0.5) is 0 Å². The Kier molecular flexibility index (Phi) is 5.52. The average molecular weight is 381 g/mol. The van der Waals surface area contributed by atoms with Crippen molar-refractivity contribution in [1.29, 1.82) is 0 Å². The summed E-state index contributed by atoms with van der Waals surface area (Å²) in [6, 6.07) is 3.47. The van der Waals surface area contributed by atoms with E-state index < -0.39 is 0 Å². The van der Waals surface area contributed by atoms with Gasteiger partial charge in [0.1, 0.15) is 5.56 Å². The fourth-order valence-electron chi connectivity index (χ4n) is 4.04. The number of likely N-dealkylation sites (N-methyl/N-ethyl adjacent to an activating group) is 1. The Bertz CT molecular complexity index is 856. The van der Waals surface area contributed by atoms with Crippen LogP contribution >= 0.6 is 0 Å². The summed E-state index contributed by atoms with van der Waals surface area (Å²) in [4.78, 5) is 31.3. The highest BCUT2D eigenvalue weighted by Gasteiger charge is 2.32. The van der Waals surface area contributed by atoms with Gasteiger partial charge in [0.25, 0.3) is 5.91 Å². The quantitative estimate of drug-likeness (QED) is 0.811. The standard InChI is InChI=1S/C21H27N5O2/c1-3-28-20-16(7-6-10-22-20)21(27)26-11-5-4-8-18(26)19-23-13-15-14-25(2)12-9-17(15)24-19/h6-7,10,13,18H,3-5,8-9,11-12,14H2,1-2H3/t18-/m1/s1. The zero-order valence-electron chi connectivity index (χ0n) is 16.6. The molecule has 2 aliphatic heterocycles. The molecule has 0 bridgehead atoms. The third-order valence-electron chi connectivity index (χ3n) is 5.49. The number of hydrogen-bond donors (Lipinski definition) is 0. The molecule has 1 amide bonds. The maximum absolute atomic E-state index is 13.4. The molecule has 1 atom stereocenters. The van der Waals surface area contributed by atoms with Crippen molar-refractivity contribution in [2.45, 2.75) is 45.2 Å². The van der Waals surface area contributed by atoms with Crippen molar-refractivity contribution in [3.05, 3.63) is 47.2 Å². The summed E-state index contributed by atoms with van der Waals surface area (Å²) in [5.41, 5.74) is 2.82. The lowest BCUT2D eigenvalue weighted by Crippen LogP contribution is -2.40. The van der Waals surface area contributed by atoms with E-state index in [1.165, 1.54) is 5.56 Å². The summed E-state index contributed by atoms with van der Waals surface area (Å²) in [5.74, 6) is 1.11. The van der Waals surface area contributed by atoms with E-state index in [1.807, 2.05) is 18.0 Å². The van der Waals surface area contributed by atoms with Crippen LogP contribution in [0.1, 0.15) is 59.7 Å². The number of amides is 1. The molecule has 2 aliphatic rings. The minimum atomic E-state index is -0.0964. The molecule has 7 heteroatoms. The van der Waals surface area contributed by atoms with E-state index >= 15 is 0 Å². The van der Waals surface area contributed by atoms with Gasteiger partial charge in [0.15, 0.2) is 5.82 Å². The number of ether oxygens (including phenoxy) is 1. The van der Waals surface area contributed by atoms with Crippen molar-refractivity contribution in [3.8, 4) is 5.88 Å². The van der Waals surface area contributed by atoms with Gasteiger partial charge in [-0.25, -0.2) is 15.0 Å². The molecular formula is C21H27N5O2. The maximum atomic E-state index is 13.4. The number of fused-ring (bicyclic) bond motifs is 1. The van der Waals surface area contributed by atoms with E-state index in [-0.39, 0.29) is 11.9 Å². The van der Waals surface area contributed by atoms with Crippen LogP contribution in [0.15, 0.2) is 24.5 Å². The third kappa shape index (κ3) is 3.71. The molecule has 1 saturated heterocycles. The van der Waals surface area contributed by atoms with Gasteiger partial charge in [-0.05, 0) is 45.4 Å². The van der Waals surface area contributed by atoms with Crippen LogP contribution in [-0.4, -0.2) is 57.4 Å². The zero-order valence-corrected chi connectivity index (χ0v) is 16.6. The number of nitrogens with zero attached hydrogens (tertiary/aromatic N) is 5. The SMILES string of the molecule is CCOc1ncccc1C(=O)N1CCCC[C@@H]1c1ncc2c(n1)CCN(C)C2. The molecule has 0 aromatic carbocycles. The van der Waals surface area contributed by atoms with Crippen LogP contribution in [0.2, 0.25) is 0 Å². The Hall–Kier alpha value is -2.54. The lowest BCUT2D eigenvalue weighted by atomic mass is 9.99. The van der Waals surface area contributed by atoms with Gasteiger partial charge in [-0.3, -0.25) is 4.79 Å². The first-order valence-corrected chi connectivity index (χ1v) is 10.1. The van der Waals surface area contributed by atoms with Crippen LogP contribution in [0.3, 0.4) is 0 Å². The number of rotatable bonds is 4. The average Bonchev–Trinajstić information content (AvgIpc) is 2.73. The predicted molar refractivity (Wildman–Crippen MR) is 105 cm³/mol. The third-order valence-corrected chi connectivity index (χ3v) is 5.49. The number of piperidine rings is 1. The van der Waals surface area contributed by atoms with Crippen LogP contribution < -0.4 is 4.74 Å². The summed E-state index contributed by atoms with van der Waals surface area (Å²) in [5, 5.41) is 0. The summed E-state index contributed by atoms with van der Waals surface area (Å²) in [6.45, 7) is 4.96. The Labute approximate surface area is 165 Å². The van der Waals surface area contributed by atoms with Gasteiger partial charge in [-0.2, -0.15) is 0 Å². The monoisotopic (exact) mass is 381 g/mol. The molecule has 0 radical (unpaired) electrons. The van der Waals surface area contributed by atoms with Gasteiger partial charge in [0.05, 0.1) is 12.6 Å². The van der Waals surface area contributed by atoms with E-state index in [2.05, 4.69) is 21.9 Å². The van der Waals surface area contributed by atoms with Crippen molar-refractivity contribution < 1.29 is 9.53 Å². The van der Waals surface area contributed by atoms with Gasteiger partial charge in [0, 0.05) is 49.7 Å². The normalized spacial score (nSPS) is 19.9. The van der Waals surface area contributed by atoms with E-state index in [0.29, 0.717) is 24.6 Å². The predicted octanol–water partition coefficient (Wildman–Crippen LogP) is 2.63. The number of carbonyl (C=O) groups is 1. The van der Waals surface area contributed by atoms with E-state index in [4.69, 9.17) is 9.72 Å². The molecule has 2 aromatic rings. The van der Waals surface area contributed by atoms with Crippen molar-refractivity contribution in [1.82, 2.24) is 24.8 Å². The fourth-order valence-corrected chi connectivity index (χ4v) is 4.04. The van der Waals surface area contributed by atoms with Crippen molar-refractivity contribution in [2.24, 2.45) is 0 Å². The molecule has 2 aromatic heterocycles. The highest BCUT2D eigenvalue weighted by atomic mass is 16.5. The van der Waals surface area contributed by atoms with Crippen molar-refractivity contribution in [3.63, 3.8) is 0 Å². The number of hydrogen-bond acceptors (Lipinski definition) is 6. The molecule has 4 rings (SSSR count). The highest BCUT2D eigenvalue weighted by molar-refractivity contribution is 5.96. The smallest absolute Gasteiger partial charge is 0.259 e. The summed E-state index contributed by atoms with van der Waals surface area (Å²) < 4.78 is 5.58. The number of aromatic nitrogens is 3. The first-order valence-electron chi connectivity index (χ1n) is 10.1. The minimum Gasteiger partial charge on any atom is -0.477 e. The first-order chi connectivity index (χ1) is 13.7.